The number of carbonyl (C=O) groups is 1. The number of ether oxygens (including phenoxy) is 1. The molecule has 0 radical (unpaired) electrons. The third-order valence-corrected chi connectivity index (χ3v) is 5.55. The second-order valence-electron chi connectivity index (χ2n) is 9.04. The molecule has 2 aromatic heterocycles. The molecular weight excluding hydrogens is 390 g/mol. The van der Waals surface area contributed by atoms with Crippen LogP contribution in [0.2, 0.25) is 0 Å². The lowest BCUT2D eigenvalue weighted by molar-refractivity contribution is 0.00247. The Morgan fingerprint density at radius 2 is 1.87 bits per heavy atom. The molecule has 1 aliphatic rings. The average Bonchev–Trinajstić information content (AvgIpc) is 3.18. The lowest BCUT2D eigenvalue weighted by Crippen LogP contribution is -2.33. The normalized spacial score (nSPS) is 15.7. The van der Waals surface area contributed by atoms with Gasteiger partial charge in [-0.2, -0.15) is 0 Å². The summed E-state index contributed by atoms with van der Waals surface area (Å²) in [5.74, 6) is 0.270. The lowest BCUT2D eigenvalue weighted by atomic mass is 9.89. The zero-order valence-electron chi connectivity index (χ0n) is 18.4. The van der Waals surface area contributed by atoms with Crippen LogP contribution in [0, 0.1) is 0 Å². The molecule has 0 N–H and O–H groups in total. The fourth-order valence-electron chi connectivity index (χ4n) is 4.04. The van der Waals surface area contributed by atoms with Crippen molar-refractivity contribution in [1.82, 2.24) is 15.0 Å². The summed E-state index contributed by atoms with van der Waals surface area (Å²) < 4.78 is 11.1. The van der Waals surface area contributed by atoms with Gasteiger partial charge in [0, 0.05) is 30.1 Å². The minimum atomic E-state index is -0.608. The number of likely N-dealkylation sites (tertiary alicyclic amines) is 1. The Morgan fingerprint density at radius 1 is 1.13 bits per heavy atom. The number of esters is 1. The van der Waals surface area contributed by atoms with Crippen molar-refractivity contribution in [3.8, 4) is 11.3 Å². The Morgan fingerprint density at radius 3 is 2.52 bits per heavy atom. The number of carbonyl (C=O) groups excluding carboxylic acids is 1. The van der Waals surface area contributed by atoms with Gasteiger partial charge in [0.15, 0.2) is 0 Å². The van der Waals surface area contributed by atoms with Crippen molar-refractivity contribution in [2.75, 3.05) is 13.1 Å². The summed E-state index contributed by atoms with van der Waals surface area (Å²) in [6.07, 6.45) is 5.62. The number of rotatable bonds is 5. The fourth-order valence-corrected chi connectivity index (χ4v) is 4.04. The van der Waals surface area contributed by atoms with Gasteiger partial charge < -0.3 is 9.26 Å². The van der Waals surface area contributed by atoms with E-state index in [-0.39, 0.29) is 5.76 Å². The van der Waals surface area contributed by atoms with Crippen LogP contribution in [0.3, 0.4) is 0 Å². The molecule has 0 spiro atoms. The van der Waals surface area contributed by atoms with Crippen molar-refractivity contribution < 1.29 is 14.1 Å². The van der Waals surface area contributed by atoms with Crippen molar-refractivity contribution in [1.29, 1.82) is 0 Å². The molecule has 6 nitrogen and oxygen atoms in total. The zero-order chi connectivity index (χ0) is 21.8. The number of pyridine rings is 1. The molecule has 0 unspecified atom stereocenters. The molecule has 0 bridgehead atoms. The molecule has 4 rings (SSSR count). The summed E-state index contributed by atoms with van der Waals surface area (Å²) in [6.45, 7) is 8.02. The van der Waals surface area contributed by atoms with Crippen molar-refractivity contribution in [3.05, 3.63) is 71.7 Å². The number of hydrogen-bond acceptors (Lipinski definition) is 6. The van der Waals surface area contributed by atoms with E-state index in [0.717, 1.165) is 37.1 Å². The van der Waals surface area contributed by atoms with E-state index in [1.54, 1.807) is 12.4 Å². The van der Waals surface area contributed by atoms with Gasteiger partial charge >= 0.3 is 5.97 Å². The number of benzene rings is 1. The molecule has 0 amide bonds. The maximum absolute atomic E-state index is 12.8. The van der Waals surface area contributed by atoms with Gasteiger partial charge in [0.05, 0.1) is 0 Å². The summed E-state index contributed by atoms with van der Waals surface area (Å²) in [6, 6.07) is 14.5. The molecule has 162 valence electrons. The zero-order valence-corrected chi connectivity index (χ0v) is 18.4. The number of nitrogens with zero attached hydrogens (tertiary/aromatic N) is 3. The predicted molar refractivity (Wildman–Crippen MR) is 119 cm³/mol. The van der Waals surface area contributed by atoms with Crippen LogP contribution in [0.4, 0.5) is 0 Å². The molecule has 0 saturated carbocycles. The number of piperidine rings is 1. The van der Waals surface area contributed by atoms with Crippen LogP contribution in [0.25, 0.3) is 11.3 Å². The van der Waals surface area contributed by atoms with E-state index in [2.05, 4.69) is 45.4 Å². The van der Waals surface area contributed by atoms with Crippen LogP contribution < -0.4 is 0 Å². The Bertz CT molecular complexity index is 1000. The first kappa shape index (κ1) is 21.2. The first-order chi connectivity index (χ1) is 14.9. The second kappa shape index (κ2) is 9.02. The molecule has 1 fully saturated rings. The molecule has 31 heavy (non-hydrogen) atoms. The van der Waals surface area contributed by atoms with Gasteiger partial charge in [-0.15, -0.1) is 0 Å². The molecule has 1 aliphatic heterocycles. The minimum Gasteiger partial charge on any atom is -0.454 e. The van der Waals surface area contributed by atoms with Gasteiger partial charge in [0.25, 0.3) is 0 Å². The molecule has 0 aliphatic carbocycles. The van der Waals surface area contributed by atoms with Gasteiger partial charge in [0.1, 0.15) is 11.3 Å². The molecule has 0 atom stereocenters. The van der Waals surface area contributed by atoms with E-state index >= 15 is 0 Å². The summed E-state index contributed by atoms with van der Waals surface area (Å²) in [7, 11) is 0. The van der Waals surface area contributed by atoms with Crippen LogP contribution in [-0.4, -0.2) is 39.7 Å². The van der Waals surface area contributed by atoms with Crippen molar-refractivity contribution in [2.24, 2.45) is 0 Å². The van der Waals surface area contributed by atoms with Crippen LogP contribution in [0.1, 0.15) is 61.2 Å². The third-order valence-electron chi connectivity index (χ3n) is 5.55. The van der Waals surface area contributed by atoms with E-state index in [9.17, 15) is 4.79 Å². The van der Waals surface area contributed by atoms with E-state index in [4.69, 9.17) is 9.26 Å². The van der Waals surface area contributed by atoms with Crippen molar-refractivity contribution in [2.45, 2.75) is 51.7 Å². The number of aromatic nitrogens is 2. The fraction of sp³-hybridized carbons (Fsp3) is 0.400. The highest BCUT2D eigenvalue weighted by Gasteiger charge is 2.30. The number of hydrogen-bond donors (Lipinski definition) is 0. The second-order valence-corrected chi connectivity index (χ2v) is 9.04. The summed E-state index contributed by atoms with van der Waals surface area (Å²) >= 11 is 0. The Hall–Kier alpha value is -2.99. The molecular formula is C25H29N3O3. The minimum absolute atomic E-state index is 0.180. The van der Waals surface area contributed by atoms with Gasteiger partial charge in [0.2, 0.25) is 5.76 Å². The van der Waals surface area contributed by atoms with Crippen molar-refractivity contribution >= 4 is 5.97 Å². The smallest absolute Gasteiger partial charge is 0.378 e. The van der Waals surface area contributed by atoms with Crippen LogP contribution in [0.5, 0.6) is 0 Å². The molecule has 6 heteroatoms. The summed E-state index contributed by atoms with van der Waals surface area (Å²) in [5, 5.41) is 4.22. The van der Waals surface area contributed by atoms with Gasteiger partial charge in [-0.1, -0.05) is 35.5 Å². The maximum Gasteiger partial charge on any atom is 0.378 e. The van der Waals surface area contributed by atoms with Gasteiger partial charge in [-0.05, 0) is 70.3 Å². The van der Waals surface area contributed by atoms with E-state index in [1.165, 1.54) is 5.56 Å². The highest BCUT2D eigenvalue weighted by molar-refractivity contribution is 5.90. The van der Waals surface area contributed by atoms with E-state index < -0.39 is 11.6 Å². The molecule has 1 saturated heterocycles. The molecule has 1 aromatic carbocycles. The Balaban J connectivity index is 1.55. The van der Waals surface area contributed by atoms with Crippen LogP contribution >= 0.6 is 0 Å². The van der Waals surface area contributed by atoms with Gasteiger partial charge in [-0.25, -0.2) is 4.79 Å². The SMILES string of the molecule is CC(C)(C)OC(=O)c1onc(-c2cccnc2)c1CN1CCC(c2ccccc2)CC1. The molecule has 3 heterocycles. The quantitative estimate of drug-likeness (QED) is 0.538. The standard InChI is InChI=1S/C25H29N3O3/c1-25(2,3)30-24(29)23-21(22(27-31-23)20-10-7-13-26-16-20)17-28-14-11-19(12-15-28)18-8-5-4-6-9-18/h4-10,13,16,19H,11-12,14-15,17H2,1-3H3. The Kier molecular flexibility index (Phi) is 6.18. The summed E-state index contributed by atoms with van der Waals surface area (Å²) in [4.78, 5) is 19.4. The van der Waals surface area contributed by atoms with Gasteiger partial charge in [-0.3, -0.25) is 9.88 Å². The monoisotopic (exact) mass is 419 g/mol. The first-order valence-corrected chi connectivity index (χ1v) is 10.8. The summed E-state index contributed by atoms with van der Waals surface area (Å²) in [5.41, 5.74) is 3.04. The van der Waals surface area contributed by atoms with E-state index in [1.807, 2.05) is 32.9 Å². The predicted octanol–water partition coefficient (Wildman–Crippen LogP) is 5.07. The first-order valence-electron chi connectivity index (χ1n) is 10.8. The largest absolute Gasteiger partial charge is 0.454 e. The third kappa shape index (κ3) is 5.20. The Labute approximate surface area is 183 Å². The molecule has 3 aromatic rings. The highest BCUT2D eigenvalue weighted by Crippen LogP contribution is 2.32. The topological polar surface area (TPSA) is 68.5 Å². The maximum atomic E-state index is 12.8. The van der Waals surface area contributed by atoms with Crippen LogP contribution in [0.15, 0.2) is 59.4 Å². The van der Waals surface area contributed by atoms with Crippen LogP contribution in [-0.2, 0) is 11.3 Å². The average molecular weight is 420 g/mol. The lowest BCUT2D eigenvalue weighted by Gasteiger charge is -2.32. The van der Waals surface area contributed by atoms with Crippen molar-refractivity contribution in [3.63, 3.8) is 0 Å². The highest BCUT2D eigenvalue weighted by atomic mass is 16.6. The van der Waals surface area contributed by atoms with E-state index in [0.29, 0.717) is 18.2 Å².